The van der Waals surface area contributed by atoms with Crippen LogP contribution in [-0.2, 0) is 9.53 Å². The van der Waals surface area contributed by atoms with Crippen LogP contribution in [0.15, 0.2) is 35.3 Å². The Morgan fingerprint density at radius 2 is 1.71 bits per heavy atom. The van der Waals surface area contributed by atoms with Gasteiger partial charge in [-0.2, -0.15) is 0 Å². The predicted molar refractivity (Wildman–Crippen MR) is 125 cm³/mol. The molecule has 1 amide bonds. The predicted octanol–water partition coefficient (Wildman–Crippen LogP) is 2.85. The number of nitrogens with zero attached hydrogens (tertiary/aromatic N) is 2. The lowest BCUT2D eigenvalue weighted by atomic mass is 9.97. The quantitative estimate of drug-likeness (QED) is 0.326. The molecule has 2 rings (SSSR count). The molecule has 1 fully saturated rings. The van der Waals surface area contributed by atoms with Crippen molar-refractivity contribution in [1.82, 2.24) is 15.5 Å². The molecule has 0 radical (unpaired) electrons. The highest BCUT2D eigenvalue weighted by Crippen LogP contribution is 2.19. The molecule has 1 aromatic carbocycles. The first kappa shape index (κ1) is 24.7. The summed E-state index contributed by atoms with van der Waals surface area (Å²) >= 11 is 0. The molecule has 0 aliphatic carbocycles. The number of ether oxygens (including phenoxy) is 1. The zero-order valence-electron chi connectivity index (χ0n) is 17.3. The average Bonchev–Trinajstić information content (AvgIpc) is 2.74. The number of hydrogen-bond acceptors (Lipinski definition) is 3. The van der Waals surface area contributed by atoms with Crippen molar-refractivity contribution in [3.8, 4) is 0 Å². The molecule has 28 heavy (non-hydrogen) atoms. The van der Waals surface area contributed by atoms with Gasteiger partial charge in [0.25, 0.3) is 0 Å². The Labute approximate surface area is 186 Å². The third-order valence-electron chi connectivity index (χ3n) is 5.23. The van der Waals surface area contributed by atoms with Gasteiger partial charge >= 0.3 is 0 Å². The third-order valence-corrected chi connectivity index (χ3v) is 5.23. The minimum Gasteiger partial charge on any atom is -0.378 e. The van der Waals surface area contributed by atoms with E-state index in [1.807, 2.05) is 35.2 Å². The number of carbonyl (C=O) groups excluding carboxylic acids is 1. The Morgan fingerprint density at radius 3 is 2.29 bits per heavy atom. The largest absolute Gasteiger partial charge is 0.378 e. The minimum absolute atomic E-state index is 0. The maximum absolute atomic E-state index is 13.1. The van der Waals surface area contributed by atoms with E-state index in [1.54, 1.807) is 7.05 Å². The first-order valence-corrected chi connectivity index (χ1v) is 10.1. The van der Waals surface area contributed by atoms with Crippen LogP contribution in [0.5, 0.6) is 0 Å². The van der Waals surface area contributed by atoms with Crippen LogP contribution in [0, 0.1) is 5.92 Å². The van der Waals surface area contributed by atoms with Gasteiger partial charge in [0.1, 0.15) is 0 Å². The molecule has 0 saturated carbocycles. The maximum Gasteiger partial charge on any atom is 0.232 e. The van der Waals surface area contributed by atoms with E-state index in [4.69, 9.17) is 4.74 Å². The van der Waals surface area contributed by atoms with E-state index in [1.165, 1.54) is 0 Å². The van der Waals surface area contributed by atoms with Crippen molar-refractivity contribution >= 4 is 35.8 Å². The molecule has 1 saturated heterocycles. The van der Waals surface area contributed by atoms with E-state index in [9.17, 15) is 4.79 Å². The van der Waals surface area contributed by atoms with Crippen molar-refractivity contribution in [2.24, 2.45) is 10.9 Å². The van der Waals surface area contributed by atoms with E-state index < -0.39 is 0 Å². The molecule has 1 unspecified atom stereocenters. The molecule has 6 nitrogen and oxygen atoms in total. The standard InChI is InChI=1S/C21H34N4O2.HI/c1-4-17(5-2)15-23-21(22-3)24-16-19(18-9-7-6-8-10-18)20(26)25-11-13-27-14-12-25;/h6-10,17,19H,4-5,11-16H2,1-3H3,(H2,22,23,24);1H. The summed E-state index contributed by atoms with van der Waals surface area (Å²) in [4.78, 5) is 19.4. The first-order valence-electron chi connectivity index (χ1n) is 10.1. The Hall–Kier alpha value is -1.35. The molecule has 0 bridgehead atoms. The molecule has 1 heterocycles. The fourth-order valence-corrected chi connectivity index (χ4v) is 3.27. The van der Waals surface area contributed by atoms with Crippen LogP contribution >= 0.6 is 24.0 Å². The molecule has 0 spiro atoms. The number of rotatable bonds is 8. The molecular formula is C21H35IN4O2. The summed E-state index contributed by atoms with van der Waals surface area (Å²) in [6.45, 7) is 8.35. The van der Waals surface area contributed by atoms with Gasteiger partial charge in [-0.1, -0.05) is 57.0 Å². The number of aliphatic imine (C=N–C) groups is 1. The van der Waals surface area contributed by atoms with E-state index >= 15 is 0 Å². The number of nitrogens with one attached hydrogen (secondary N) is 2. The van der Waals surface area contributed by atoms with Crippen molar-refractivity contribution in [1.29, 1.82) is 0 Å². The van der Waals surface area contributed by atoms with Gasteiger partial charge in [-0.15, -0.1) is 24.0 Å². The minimum atomic E-state index is -0.240. The van der Waals surface area contributed by atoms with Crippen LogP contribution in [-0.4, -0.2) is 63.2 Å². The smallest absolute Gasteiger partial charge is 0.232 e. The fraction of sp³-hybridized carbons (Fsp3) is 0.619. The first-order chi connectivity index (χ1) is 13.2. The summed E-state index contributed by atoms with van der Waals surface area (Å²) in [5.74, 6) is 1.28. The summed E-state index contributed by atoms with van der Waals surface area (Å²) in [5, 5.41) is 6.74. The zero-order chi connectivity index (χ0) is 19.5. The van der Waals surface area contributed by atoms with E-state index in [2.05, 4.69) is 29.5 Å². The lowest BCUT2D eigenvalue weighted by Crippen LogP contribution is -2.47. The van der Waals surface area contributed by atoms with Crippen molar-refractivity contribution in [2.45, 2.75) is 32.6 Å². The number of amides is 1. The van der Waals surface area contributed by atoms with E-state index in [0.717, 1.165) is 30.9 Å². The maximum atomic E-state index is 13.1. The van der Waals surface area contributed by atoms with Crippen molar-refractivity contribution in [3.63, 3.8) is 0 Å². The second-order valence-electron chi connectivity index (χ2n) is 6.92. The molecular weight excluding hydrogens is 467 g/mol. The molecule has 7 heteroatoms. The van der Waals surface area contributed by atoms with Gasteiger partial charge in [0.2, 0.25) is 5.91 Å². The monoisotopic (exact) mass is 502 g/mol. The number of guanidine groups is 1. The molecule has 158 valence electrons. The van der Waals surface area contributed by atoms with Crippen LogP contribution < -0.4 is 10.6 Å². The van der Waals surface area contributed by atoms with Gasteiger partial charge in [-0.05, 0) is 11.5 Å². The van der Waals surface area contributed by atoms with Gasteiger partial charge in [0, 0.05) is 33.2 Å². The van der Waals surface area contributed by atoms with Crippen LogP contribution in [0.1, 0.15) is 38.2 Å². The molecule has 1 aromatic rings. The summed E-state index contributed by atoms with van der Waals surface area (Å²) in [5.41, 5.74) is 1.02. The molecule has 1 aliphatic heterocycles. The van der Waals surface area contributed by atoms with Crippen LogP contribution in [0.3, 0.4) is 0 Å². The number of carbonyl (C=O) groups is 1. The van der Waals surface area contributed by atoms with Crippen molar-refractivity contribution in [3.05, 3.63) is 35.9 Å². The highest BCUT2D eigenvalue weighted by molar-refractivity contribution is 14.0. The van der Waals surface area contributed by atoms with Crippen molar-refractivity contribution < 1.29 is 9.53 Å². The lowest BCUT2D eigenvalue weighted by molar-refractivity contribution is -0.136. The van der Waals surface area contributed by atoms with Gasteiger partial charge < -0.3 is 20.3 Å². The highest BCUT2D eigenvalue weighted by atomic mass is 127. The highest BCUT2D eigenvalue weighted by Gasteiger charge is 2.27. The van der Waals surface area contributed by atoms with Gasteiger partial charge in [0.05, 0.1) is 19.1 Å². The van der Waals surface area contributed by atoms with E-state index in [0.29, 0.717) is 38.8 Å². The Morgan fingerprint density at radius 1 is 1.11 bits per heavy atom. The van der Waals surface area contributed by atoms with Crippen molar-refractivity contribution in [2.75, 3.05) is 46.4 Å². The van der Waals surface area contributed by atoms with Crippen LogP contribution in [0.25, 0.3) is 0 Å². The number of benzene rings is 1. The summed E-state index contributed by atoms with van der Waals surface area (Å²) < 4.78 is 5.39. The second kappa shape index (κ2) is 13.8. The number of halogens is 1. The van der Waals surface area contributed by atoms with E-state index in [-0.39, 0.29) is 35.8 Å². The van der Waals surface area contributed by atoms with Gasteiger partial charge in [-0.3, -0.25) is 9.79 Å². The SMILES string of the molecule is CCC(CC)CNC(=NC)NCC(C(=O)N1CCOCC1)c1ccccc1.I. The summed E-state index contributed by atoms with van der Waals surface area (Å²) in [6, 6.07) is 9.98. The van der Waals surface area contributed by atoms with Gasteiger partial charge in [-0.25, -0.2) is 0 Å². The van der Waals surface area contributed by atoms with Crippen LogP contribution in [0.2, 0.25) is 0 Å². The number of hydrogen-bond donors (Lipinski definition) is 2. The Bertz CT molecular complexity index is 587. The topological polar surface area (TPSA) is 66.0 Å². The Balaban J connectivity index is 0.00000392. The average molecular weight is 502 g/mol. The fourth-order valence-electron chi connectivity index (χ4n) is 3.27. The molecule has 1 atom stereocenters. The molecule has 1 aliphatic rings. The lowest BCUT2D eigenvalue weighted by Gasteiger charge is -2.31. The normalized spacial score (nSPS) is 15.7. The molecule has 0 aromatic heterocycles. The summed E-state index contributed by atoms with van der Waals surface area (Å²) in [7, 11) is 1.77. The van der Waals surface area contributed by atoms with Crippen LogP contribution in [0.4, 0.5) is 0 Å². The second-order valence-corrected chi connectivity index (χ2v) is 6.92. The Kier molecular flexibility index (Phi) is 12.1. The zero-order valence-corrected chi connectivity index (χ0v) is 19.6. The van der Waals surface area contributed by atoms with Gasteiger partial charge in [0.15, 0.2) is 5.96 Å². The molecule has 2 N–H and O–H groups in total. The number of morpholine rings is 1. The third kappa shape index (κ3) is 7.58. The summed E-state index contributed by atoms with van der Waals surface area (Å²) in [6.07, 6.45) is 2.28.